The number of aliphatic imine (C=N–C) groups is 2. The van der Waals surface area contributed by atoms with Gasteiger partial charge in [-0.1, -0.05) is 26.0 Å². The van der Waals surface area contributed by atoms with Crippen LogP contribution in [0.5, 0.6) is 5.75 Å². The fourth-order valence-electron chi connectivity index (χ4n) is 6.54. The molecule has 214 valence electrons. The van der Waals surface area contributed by atoms with Crippen molar-refractivity contribution in [3.8, 4) is 5.75 Å². The van der Waals surface area contributed by atoms with Gasteiger partial charge in [-0.25, -0.2) is 9.98 Å². The van der Waals surface area contributed by atoms with E-state index in [1.165, 1.54) is 0 Å². The molecule has 1 aromatic rings. The van der Waals surface area contributed by atoms with Gasteiger partial charge in [0, 0.05) is 25.1 Å². The molecule has 5 aliphatic heterocycles. The molecule has 0 saturated carbocycles. The predicted octanol–water partition coefficient (Wildman–Crippen LogP) is -2.40. The van der Waals surface area contributed by atoms with E-state index in [0.29, 0.717) is 30.8 Å². The van der Waals surface area contributed by atoms with Crippen LogP contribution in [0, 0.1) is 0 Å². The minimum atomic E-state index is -1.26. The fraction of sp³-hybridized carbons (Fsp3) is 0.577. The second-order valence-corrected chi connectivity index (χ2v) is 11.7. The number of guanidine groups is 2. The van der Waals surface area contributed by atoms with Crippen molar-refractivity contribution in [1.82, 2.24) is 26.2 Å². The number of rotatable bonds is 5. The number of hydrogen-bond donors (Lipinski definition) is 7. The molecule has 9 N–H and O–H groups in total. The van der Waals surface area contributed by atoms with Gasteiger partial charge in [0.05, 0.1) is 24.3 Å². The maximum absolute atomic E-state index is 13.5. The van der Waals surface area contributed by atoms with Gasteiger partial charge in [0.25, 0.3) is 5.91 Å². The zero-order valence-electron chi connectivity index (χ0n) is 22.4. The first-order valence-corrected chi connectivity index (χ1v) is 13.6. The number of hydrogen-bond acceptors (Lipinski definition) is 11. The summed E-state index contributed by atoms with van der Waals surface area (Å²) in [6.45, 7) is 4.97. The zero-order valence-corrected chi connectivity index (χ0v) is 22.4. The summed E-state index contributed by atoms with van der Waals surface area (Å²) < 4.78 is 5.92. The Hall–Kier alpha value is -4.07. The summed E-state index contributed by atoms with van der Waals surface area (Å²) in [6, 6.07) is 2.82. The lowest BCUT2D eigenvalue weighted by Crippen LogP contribution is -2.73. The number of amides is 3. The van der Waals surface area contributed by atoms with Gasteiger partial charge in [0.2, 0.25) is 11.8 Å². The van der Waals surface area contributed by atoms with Gasteiger partial charge in [-0.05, 0) is 24.3 Å². The smallest absolute Gasteiger partial charge is 0.255 e. The van der Waals surface area contributed by atoms with Crippen molar-refractivity contribution < 1.29 is 24.2 Å². The molecule has 0 bridgehead atoms. The molecule has 3 amide bonds. The highest BCUT2D eigenvalue weighted by molar-refractivity contribution is 5.98. The molecular weight excluding hydrogens is 518 g/mol. The summed E-state index contributed by atoms with van der Waals surface area (Å²) in [5.74, 6) is -0.0954. The number of nitrogens with zero attached hydrogens (tertiary/aromatic N) is 3. The van der Waals surface area contributed by atoms with E-state index in [1.807, 2.05) is 12.1 Å². The number of carbonyl (C=O) groups excluding carboxylic acids is 3. The Labute approximate surface area is 231 Å². The number of para-hydroxylation sites is 1. The molecular formula is C26H35N9O5. The molecule has 1 aromatic carbocycles. The Morgan fingerprint density at radius 2 is 2.08 bits per heavy atom. The zero-order chi connectivity index (χ0) is 28.4. The molecule has 14 nitrogen and oxygen atoms in total. The van der Waals surface area contributed by atoms with Crippen molar-refractivity contribution >= 4 is 29.6 Å². The summed E-state index contributed by atoms with van der Waals surface area (Å²) in [5.41, 5.74) is 12.4. The Morgan fingerprint density at radius 1 is 1.27 bits per heavy atom. The van der Waals surface area contributed by atoms with Crippen molar-refractivity contribution in [2.75, 3.05) is 19.7 Å². The lowest BCUT2D eigenvalue weighted by Gasteiger charge is -2.46. The van der Waals surface area contributed by atoms with Crippen LogP contribution in [0.1, 0.15) is 49.0 Å². The van der Waals surface area contributed by atoms with E-state index < -0.39 is 35.9 Å². The molecule has 2 saturated heterocycles. The van der Waals surface area contributed by atoms with Gasteiger partial charge in [-0.3, -0.25) is 14.4 Å². The maximum Gasteiger partial charge on any atom is 0.255 e. The highest BCUT2D eigenvalue weighted by Crippen LogP contribution is 2.42. The summed E-state index contributed by atoms with van der Waals surface area (Å²) >= 11 is 0. The van der Waals surface area contributed by atoms with Crippen LogP contribution in [0.25, 0.3) is 0 Å². The van der Waals surface area contributed by atoms with E-state index >= 15 is 0 Å². The fourth-order valence-corrected chi connectivity index (χ4v) is 6.54. The first kappa shape index (κ1) is 26.2. The van der Waals surface area contributed by atoms with Crippen molar-refractivity contribution in [1.29, 1.82) is 0 Å². The Balaban J connectivity index is 1.21. The molecule has 1 spiro atoms. The largest absolute Gasteiger partial charge is 0.492 e. The number of ether oxygens (including phenoxy) is 1. The molecule has 40 heavy (non-hydrogen) atoms. The van der Waals surface area contributed by atoms with Crippen molar-refractivity contribution in [2.24, 2.45) is 21.5 Å². The highest BCUT2D eigenvalue weighted by Gasteiger charge is 2.65. The molecule has 6 rings (SSSR count). The molecule has 2 fully saturated rings. The van der Waals surface area contributed by atoms with E-state index in [2.05, 4.69) is 45.1 Å². The monoisotopic (exact) mass is 553 g/mol. The number of fused-ring (bicyclic) bond motifs is 1. The van der Waals surface area contributed by atoms with Gasteiger partial charge in [-0.2, -0.15) is 0 Å². The van der Waals surface area contributed by atoms with Crippen LogP contribution in [0.2, 0.25) is 0 Å². The van der Waals surface area contributed by atoms with Gasteiger partial charge >= 0.3 is 0 Å². The van der Waals surface area contributed by atoms with E-state index in [9.17, 15) is 19.5 Å². The van der Waals surface area contributed by atoms with Crippen LogP contribution >= 0.6 is 0 Å². The third-order valence-corrected chi connectivity index (χ3v) is 8.73. The number of carbonyl (C=O) groups is 3. The van der Waals surface area contributed by atoms with E-state index in [-0.39, 0.29) is 48.1 Å². The van der Waals surface area contributed by atoms with Gasteiger partial charge in [0.1, 0.15) is 23.9 Å². The second-order valence-electron chi connectivity index (χ2n) is 11.7. The van der Waals surface area contributed by atoms with Gasteiger partial charge < -0.3 is 47.5 Å². The lowest BCUT2D eigenvalue weighted by molar-refractivity contribution is -0.125. The molecule has 14 heteroatoms. The van der Waals surface area contributed by atoms with Crippen LogP contribution in [-0.2, 0) is 15.0 Å². The average molecular weight is 554 g/mol. The van der Waals surface area contributed by atoms with Crippen LogP contribution in [0.3, 0.4) is 0 Å². The Kier molecular flexibility index (Phi) is 6.05. The van der Waals surface area contributed by atoms with Crippen LogP contribution in [0.4, 0.5) is 0 Å². The highest BCUT2D eigenvalue weighted by atomic mass is 16.5. The molecule has 0 radical (unpaired) electrons. The van der Waals surface area contributed by atoms with Gasteiger partial charge in [-0.15, -0.1) is 0 Å². The maximum atomic E-state index is 13.5. The van der Waals surface area contributed by atoms with Crippen LogP contribution in [0.15, 0.2) is 28.2 Å². The summed E-state index contributed by atoms with van der Waals surface area (Å²) in [4.78, 5) is 48.4. The number of benzene rings is 1. The molecule has 0 aliphatic carbocycles. The molecule has 0 aromatic heterocycles. The van der Waals surface area contributed by atoms with Crippen molar-refractivity contribution in [2.45, 2.75) is 74.5 Å². The molecule has 5 aliphatic rings. The minimum Gasteiger partial charge on any atom is -0.492 e. The number of aliphatic hydroxyl groups is 1. The number of nitrogens with two attached hydrogens (primary N) is 2. The molecule has 4 unspecified atom stereocenters. The van der Waals surface area contributed by atoms with E-state index in [4.69, 9.17) is 16.2 Å². The normalized spacial score (nSPS) is 33.3. The van der Waals surface area contributed by atoms with Crippen molar-refractivity contribution in [3.05, 3.63) is 29.3 Å². The second kappa shape index (κ2) is 9.25. The number of nitrogens with one attached hydrogen (secondary N) is 4. The summed E-state index contributed by atoms with van der Waals surface area (Å²) in [7, 11) is 0. The van der Waals surface area contributed by atoms with Crippen LogP contribution in [-0.4, -0.2) is 95.3 Å². The van der Waals surface area contributed by atoms with Crippen molar-refractivity contribution in [3.63, 3.8) is 0 Å². The summed E-state index contributed by atoms with van der Waals surface area (Å²) in [6.07, 6.45) is 0.382. The standard InChI is InChI=1S/C26H35N9O5/c1-25(2)8-9-40-18-12(4-3-5-13(18)25)21(38)31-16-11-35-24(28)32-15(10-29-22(39)14-6-7-17(36)30-14)19-26(35,20(16)37)34-23(27)33-19/h3-5,14-16,19-20,37H,6-11H2,1-2H3,(H2,28,32)(H,29,39)(H,30,36)(H,31,38)(H3,27,33,34)/t14?,15-,16?,19?,20+,26?/m0/s1. The third-order valence-electron chi connectivity index (χ3n) is 8.73. The first-order valence-electron chi connectivity index (χ1n) is 13.6. The topological polar surface area (TPSA) is 209 Å². The van der Waals surface area contributed by atoms with E-state index in [0.717, 1.165) is 12.0 Å². The quantitative estimate of drug-likeness (QED) is 0.207. The Bertz CT molecular complexity index is 1330. The average Bonchev–Trinajstić information content (AvgIpc) is 3.58. The third kappa shape index (κ3) is 4.00. The summed E-state index contributed by atoms with van der Waals surface area (Å²) in [5, 5.41) is 23.2. The molecule has 6 atom stereocenters. The van der Waals surface area contributed by atoms with E-state index in [1.54, 1.807) is 11.0 Å². The Morgan fingerprint density at radius 3 is 2.83 bits per heavy atom. The number of aliphatic hydroxyl groups excluding tert-OH is 1. The van der Waals surface area contributed by atoms with Gasteiger partial charge in [0.15, 0.2) is 17.6 Å². The predicted molar refractivity (Wildman–Crippen MR) is 144 cm³/mol. The lowest BCUT2D eigenvalue weighted by atomic mass is 9.79. The SMILES string of the molecule is CC1(C)CCOc2c(C(=O)NC3CN4C(N)=N[C@@H](CNC(=O)C5CCC(=O)N5)C5N=C(N)NC54[C@@H]3O)cccc21. The molecule has 5 heterocycles. The minimum absolute atomic E-state index is 0.0671. The first-order chi connectivity index (χ1) is 19.0. The van der Waals surface area contributed by atoms with Crippen LogP contribution < -0.4 is 37.5 Å².